The summed E-state index contributed by atoms with van der Waals surface area (Å²) in [4.78, 5) is 13.4. The molecule has 0 bridgehead atoms. The minimum Gasteiger partial charge on any atom is -0.341 e. The number of carbonyl (C=O) groups excluding carboxylic acids is 1. The molecule has 0 atom stereocenters. The van der Waals surface area contributed by atoms with Crippen LogP contribution >= 0.6 is 12.4 Å². The summed E-state index contributed by atoms with van der Waals surface area (Å²) >= 11 is 0. The van der Waals surface area contributed by atoms with Crippen molar-refractivity contribution in [3.8, 4) is 0 Å². The molecule has 1 amide bonds. The normalized spacial score (nSPS) is 10.8. The van der Waals surface area contributed by atoms with E-state index in [4.69, 9.17) is 5.73 Å². The molecule has 108 valence electrons. The summed E-state index contributed by atoms with van der Waals surface area (Å²) in [6.45, 7) is 4.64. The molecular weight excluding hydrogens is 274 g/mol. The first kappa shape index (κ1) is 17.8. The lowest BCUT2D eigenvalue weighted by molar-refractivity contribution is 0.0736. The Labute approximate surface area is 118 Å². The van der Waals surface area contributed by atoms with Crippen molar-refractivity contribution in [3.05, 3.63) is 35.4 Å². The van der Waals surface area contributed by atoms with Crippen molar-refractivity contribution in [1.82, 2.24) is 4.90 Å². The highest BCUT2D eigenvalue weighted by atomic mass is 35.5. The predicted molar refractivity (Wildman–Crippen MR) is 73.4 cm³/mol. The van der Waals surface area contributed by atoms with E-state index in [-0.39, 0.29) is 23.4 Å². The SMILES string of the molecule is CN(CC(C)(C)CN)C(=O)c1ccc(F)cc1F.Cl. The maximum Gasteiger partial charge on any atom is 0.256 e. The highest BCUT2D eigenvalue weighted by molar-refractivity contribution is 5.94. The molecule has 0 aliphatic carbocycles. The van der Waals surface area contributed by atoms with E-state index in [1.54, 1.807) is 7.05 Å². The van der Waals surface area contributed by atoms with Crippen LogP contribution in [-0.4, -0.2) is 30.9 Å². The molecule has 0 spiro atoms. The van der Waals surface area contributed by atoms with Gasteiger partial charge in [-0.1, -0.05) is 13.8 Å². The van der Waals surface area contributed by atoms with Crippen molar-refractivity contribution in [2.45, 2.75) is 13.8 Å². The third-order valence-electron chi connectivity index (χ3n) is 2.73. The second kappa shape index (κ2) is 6.82. The Morgan fingerprint density at radius 2 is 1.95 bits per heavy atom. The minimum atomic E-state index is -0.850. The van der Waals surface area contributed by atoms with Gasteiger partial charge in [0.2, 0.25) is 0 Å². The molecule has 1 aromatic carbocycles. The van der Waals surface area contributed by atoms with Gasteiger partial charge in [-0.3, -0.25) is 4.79 Å². The van der Waals surface area contributed by atoms with E-state index in [0.717, 1.165) is 12.1 Å². The van der Waals surface area contributed by atoms with Crippen LogP contribution in [0.5, 0.6) is 0 Å². The molecule has 0 radical (unpaired) electrons. The van der Waals surface area contributed by atoms with Crippen molar-refractivity contribution in [2.75, 3.05) is 20.1 Å². The number of carbonyl (C=O) groups is 1. The van der Waals surface area contributed by atoms with Crippen LogP contribution < -0.4 is 5.73 Å². The molecule has 1 aromatic rings. The Hall–Kier alpha value is -1.20. The monoisotopic (exact) mass is 292 g/mol. The Bertz CT molecular complexity index is 452. The summed E-state index contributed by atoms with van der Waals surface area (Å²) in [5.41, 5.74) is 5.20. The summed E-state index contributed by atoms with van der Waals surface area (Å²) < 4.78 is 26.2. The molecule has 0 saturated heterocycles. The van der Waals surface area contributed by atoms with Crippen LogP contribution in [0.1, 0.15) is 24.2 Å². The number of nitrogens with zero attached hydrogens (tertiary/aromatic N) is 1. The van der Waals surface area contributed by atoms with Crippen LogP contribution in [0.4, 0.5) is 8.78 Å². The highest BCUT2D eigenvalue weighted by Gasteiger charge is 2.23. The Kier molecular flexibility index (Phi) is 6.39. The van der Waals surface area contributed by atoms with Gasteiger partial charge in [-0.2, -0.15) is 0 Å². The quantitative estimate of drug-likeness (QED) is 0.926. The van der Waals surface area contributed by atoms with Crippen molar-refractivity contribution in [1.29, 1.82) is 0 Å². The number of hydrogen-bond donors (Lipinski definition) is 1. The Morgan fingerprint density at radius 1 is 1.37 bits per heavy atom. The number of amides is 1. The van der Waals surface area contributed by atoms with Gasteiger partial charge in [0.15, 0.2) is 0 Å². The van der Waals surface area contributed by atoms with Gasteiger partial charge in [-0.15, -0.1) is 12.4 Å². The van der Waals surface area contributed by atoms with E-state index in [1.165, 1.54) is 4.90 Å². The second-order valence-electron chi connectivity index (χ2n) is 5.15. The first-order chi connectivity index (χ1) is 8.26. The average molecular weight is 293 g/mol. The molecule has 0 aliphatic rings. The number of benzene rings is 1. The molecule has 0 fully saturated rings. The smallest absolute Gasteiger partial charge is 0.256 e. The van der Waals surface area contributed by atoms with Crippen molar-refractivity contribution in [2.24, 2.45) is 11.1 Å². The topological polar surface area (TPSA) is 46.3 Å². The fraction of sp³-hybridized carbons (Fsp3) is 0.462. The Balaban J connectivity index is 0.00000324. The maximum absolute atomic E-state index is 13.5. The zero-order valence-electron chi connectivity index (χ0n) is 11.2. The zero-order valence-corrected chi connectivity index (χ0v) is 12.1. The molecule has 0 unspecified atom stereocenters. The first-order valence-corrected chi connectivity index (χ1v) is 5.67. The van der Waals surface area contributed by atoms with E-state index in [9.17, 15) is 13.6 Å². The van der Waals surface area contributed by atoms with E-state index in [0.29, 0.717) is 19.2 Å². The average Bonchev–Trinajstić information content (AvgIpc) is 2.27. The fourth-order valence-electron chi connectivity index (χ4n) is 1.65. The molecule has 0 aliphatic heterocycles. The van der Waals surface area contributed by atoms with Gasteiger partial charge < -0.3 is 10.6 Å². The lowest BCUT2D eigenvalue weighted by Gasteiger charge is -2.29. The standard InChI is InChI=1S/C13H18F2N2O.ClH/c1-13(2,7-16)8-17(3)12(18)10-5-4-9(14)6-11(10)15;/h4-6H,7-8,16H2,1-3H3;1H. The van der Waals surface area contributed by atoms with Crippen LogP contribution in [0.2, 0.25) is 0 Å². The van der Waals surface area contributed by atoms with Gasteiger partial charge in [0, 0.05) is 19.7 Å². The maximum atomic E-state index is 13.5. The van der Waals surface area contributed by atoms with Gasteiger partial charge in [0.1, 0.15) is 11.6 Å². The third-order valence-corrected chi connectivity index (χ3v) is 2.73. The van der Waals surface area contributed by atoms with Crippen LogP contribution in [0.25, 0.3) is 0 Å². The molecule has 3 nitrogen and oxygen atoms in total. The molecule has 19 heavy (non-hydrogen) atoms. The van der Waals surface area contributed by atoms with Gasteiger partial charge in [0.05, 0.1) is 5.56 Å². The fourth-order valence-corrected chi connectivity index (χ4v) is 1.65. The number of nitrogens with two attached hydrogens (primary N) is 1. The molecule has 0 heterocycles. The first-order valence-electron chi connectivity index (χ1n) is 5.67. The van der Waals surface area contributed by atoms with Crippen LogP contribution in [0.15, 0.2) is 18.2 Å². The number of rotatable bonds is 4. The van der Waals surface area contributed by atoms with Gasteiger partial charge in [-0.25, -0.2) is 8.78 Å². The highest BCUT2D eigenvalue weighted by Crippen LogP contribution is 2.17. The van der Waals surface area contributed by atoms with Crippen molar-refractivity contribution < 1.29 is 13.6 Å². The van der Waals surface area contributed by atoms with Crippen LogP contribution in [-0.2, 0) is 0 Å². The lowest BCUT2D eigenvalue weighted by atomic mass is 9.93. The molecule has 2 N–H and O–H groups in total. The van der Waals surface area contributed by atoms with Gasteiger partial charge in [0.25, 0.3) is 5.91 Å². The van der Waals surface area contributed by atoms with E-state index < -0.39 is 17.5 Å². The zero-order chi connectivity index (χ0) is 13.9. The lowest BCUT2D eigenvalue weighted by Crippen LogP contribution is -2.40. The Morgan fingerprint density at radius 3 is 2.42 bits per heavy atom. The van der Waals surface area contributed by atoms with Crippen LogP contribution in [0, 0.1) is 17.0 Å². The molecule has 6 heteroatoms. The van der Waals surface area contributed by atoms with Gasteiger partial charge in [-0.05, 0) is 24.1 Å². The number of halogens is 3. The van der Waals surface area contributed by atoms with E-state index in [1.807, 2.05) is 13.8 Å². The van der Waals surface area contributed by atoms with E-state index in [2.05, 4.69) is 0 Å². The number of hydrogen-bond acceptors (Lipinski definition) is 2. The van der Waals surface area contributed by atoms with Crippen molar-refractivity contribution in [3.63, 3.8) is 0 Å². The largest absolute Gasteiger partial charge is 0.341 e. The summed E-state index contributed by atoms with van der Waals surface area (Å²) in [5.74, 6) is -2.03. The molecular formula is C13H19ClF2N2O. The molecule has 0 saturated carbocycles. The minimum absolute atomic E-state index is 0. The second-order valence-corrected chi connectivity index (χ2v) is 5.15. The van der Waals surface area contributed by atoms with Gasteiger partial charge >= 0.3 is 0 Å². The predicted octanol–water partition coefficient (Wildman–Crippen LogP) is 2.44. The molecule has 0 aromatic heterocycles. The summed E-state index contributed by atoms with van der Waals surface area (Å²) in [5, 5.41) is 0. The van der Waals surface area contributed by atoms with E-state index >= 15 is 0 Å². The summed E-state index contributed by atoms with van der Waals surface area (Å²) in [6.07, 6.45) is 0. The third kappa shape index (κ3) is 4.76. The molecule has 1 rings (SSSR count). The summed E-state index contributed by atoms with van der Waals surface area (Å²) in [6, 6.07) is 2.92. The van der Waals surface area contributed by atoms with Crippen molar-refractivity contribution >= 4 is 18.3 Å². The summed E-state index contributed by atoms with van der Waals surface area (Å²) in [7, 11) is 1.57. The van der Waals surface area contributed by atoms with Crippen LogP contribution in [0.3, 0.4) is 0 Å².